The van der Waals surface area contributed by atoms with Gasteiger partial charge in [0.1, 0.15) is 0 Å². The highest BCUT2D eigenvalue weighted by molar-refractivity contribution is 7.08. The lowest BCUT2D eigenvalue weighted by Gasteiger charge is -2.06. The lowest BCUT2D eigenvalue weighted by Crippen LogP contribution is -2.14. The number of rotatable bonds is 6. The molecule has 0 aliphatic carbocycles. The molecule has 2 aromatic heterocycles. The Morgan fingerprint density at radius 1 is 1.08 bits per heavy atom. The van der Waals surface area contributed by atoms with Crippen molar-refractivity contribution in [3.05, 3.63) is 70.5 Å². The number of carboxylic acid groups (broad SMARTS) is 1. The zero-order valence-corrected chi connectivity index (χ0v) is 14.1. The lowest BCUT2D eigenvalue weighted by molar-refractivity contribution is -0.116. The van der Waals surface area contributed by atoms with Crippen molar-refractivity contribution in [2.45, 2.75) is 12.8 Å². The highest BCUT2D eigenvalue weighted by atomic mass is 32.1. The van der Waals surface area contributed by atoms with Crippen LogP contribution in [0.4, 0.5) is 5.69 Å². The number of hydrogen-bond acceptors (Lipinski definition) is 4. The van der Waals surface area contributed by atoms with E-state index >= 15 is 0 Å². The average molecular weight is 352 g/mol. The number of nitrogens with one attached hydrogen (secondary N) is 1. The minimum atomic E-state index is -1.04. The first kappa shape index (κ1) is 16.9. The molecule has 0 bridgehead atoms. The number of carbonyl (C=O) groups excluding carboxylic acids is 1. The smallest absolute Gasteiger partial charge is 0.338 e. The van der Waals surface area contributed by atoms with Gasteiger partial charge in [0.25, 0.3) is 0 Å². The maximum Gasteiger partial charge on any atom is 0.338 e. The summed E-state index contributed by atoms with van der Waals surface area (Å²) in [5.41, 5.74) is 3.45. The van der Waals surface area contributed by atoms with Gasteiger partial charge in [-0.3, -0.25) is 9.78 Å². The molecule has 0 spiro atoms. The number of carbonyl (C=O) groups is 2. The summed E-state index contributed by atoms with van der Waals surface area (Å²) >= 11 is 1.25. The number of pyridine rings is 1. The van der Waals surface area contributed by atoms with Gasteiger partial charge in [0.15, 0.2) is 0 Å². The second-order valence-electron chi connectivity index (χ2n) is 5.46. The number of aromatic carboxylic acids is 1. The van der Waals surface area contributed by atoms with E-state index in [0.717, 1.165) is 16.8 Å². The molecule has 0 fully saturated rings. The van der Waals surface area contributed by atoms with E-state index in [4.69, 9.17) is 5.11 Å². The Hall–Kier alpha value is -2.99. The number of aryl methyl sites for hydroxylation is 1. The first-order valence-corrected chi connectivity index (χ1v) is 8.67. The third kappa shape index (κ3) is 4.30. The van der Waals surface area contributed by atoms with Crippen molar-refractivity contribution < 1.29 is 14.7 Å². The van der Waals surface area contributed by atoms with Gasteiger partial charge in [-0.1, -0.05) is 30.3 Å². The fourth-order valence-corrected chi connectivity index (χ4v) is 3.16. The molecule has 0 aliphatic rings. The summed E-state index contributed by atoms with van der Waals surface area (Å²) in [7, 11) is 0. The molecule has 3 rings (SSSR count). The lowest BCUT2D eigenvalue weighted by atomic mass is 10.0. The van der Waals surface area contributed by atoms with Crippen molar-refractivity contribution in [2.24, 2.45) is 0 Å². The van der Waals surface area contributed by atoms with E-state index in [0.29, 0.717) is 12.1 Å². The third-order valence-corrected chi connectivity index (χ3v) is 4.47. The summed E-state index contributed by atoms with van der Waals surface area (Å²) in [6, 6.07) is 13.7. The van der Waals surface area contributed by atoms with Crippen LogP contribution in [0.25, 0.3) is 11.3 Å². The summed E-state index contributed by atoms with van der Waals surface area (Å²) in [6.45, 7) is 0. The number of thiophene rings is 1. The van der Waals surface area contributed by atoms with Crippen LogP contribution in [0, 0.1) is 0 Å². The van der Waals surface area contributed by atoms with Gasteiger partial charge < -0.3 is 10.4 Å². The Labute approximate surface area is 149 Å². The fraction of sp³-hybridized carbons (Fsp3) is 0.105. The van der Waals surface area contributed by atoms with Gasteiger partial charge >= 0.3 is 5.97 Å². The number of amides is 1. The van der Waals surface area contributed by atoms with Crippen molar-refractivity contribution >= 4 is 28.9 Å². The SMILES string of the molecule is O=C(CCc1ccc(-c2ccccn2)cc1)Nc1cscc1C(=O)O. The van der Waals surface area contributed by atoms with Crippen LogP contribution in [0.2, 0.25) is 0 Å². The molecule has 1 amide bonds. The Balaban J connectivity index is 1.57. The minimum Gasteiger partial charge on any atom is -0.478 e. The second-order valence-corrected chi connectivity index (χ2v) is 6.21. The summed E-state index contributed by atoms with van der Waals surface area (Å²) in [6.07, 6.45) is 2.63. The van der Waals surface area contributed by atoms with Gasteiger partial charge in [-0.2, -0.15) is 0 Å². The number of anilines is 1. The zero-order chi connectivity index (χ0) is 17.6. The Morgan fingerprint density at radius 2 is 1.88 bits per heavy atom. The van der Waals surface area contributed by atoms with Gasteiger partial charge in [0.2, 0.25) is 5.91 Å². The molecule has 0 atom stereocenters. The van der Waals surface area contributed by atoms with E-state index in [1.165, 1.54) is 16.7 Å². The molecule has 0 unspecified atom stereocenters. The quantitative estimate of drug-likeness (QED) is 0.700. The summed E-state index contributed by atoms with van der Waals surface area (Å²) in [5.74, 6) is -1.24. The molecule has 25 heavy (non-hydrogen) atoms. The van der Waals surface area contributed by atoms with Crippen molar-refractivity contribution in [2.75, 3.05) is 5.32 Å². The molecule has 2 N–H and O–H groups in total. The molecular weight excluding hydrogens is 336 g/mol. The summed E-state index contributed by atoms with van der Waals surface area (Å²) in [4.78, 5) is 27.4. The molecule has 1 aromatic carbocycles. The zero-order valence-electron chi connectivity index (χ0n) is 13.3. The van der Waals surface area contributed by atoms with E-state index in [9.17, 15) is 9.59 Å². The number of aromatic nitrogens is 1. The third-order valence-electron chi connectivity index (χ3n) is 3.72. The molecule has 0 radical (unpaired) electrons. The minimum absolute atomic E-state index is 0.123. The molecule has 0 saturated carbocycles. The highest BCUT2D eigenvalue weighted by Gasteiger charge is 2.13. The standard InChI is InChI=1S/C19H16N2O3S/c22-18(21-17-12-25-11-15(17)19(23)24)9-6-13-4-7-14(8-5-13)16-3-1-2-10-20-16/h1-5,7-8,10-12H,6,9H2,(H,21,22)(H,23,24). The highest BCUT2D eigenvalue weighted by Crippen LogP contribution is 2.21. The van der Waals surface area contributed by atoms with Crippen LogP contribution in [-0.4, -0.2) is 22.0 Å². The maximum absolute atomic E-state index is 12.0. The molecule has 0 aliphatic heterocycles. The average Bonchev–Trinajstić information content (AvgIpc) is 3.09. The van der Waals surface area contributed by atoms with E-state index in [-0.39, 0.29) is 17.9 Å². The largest absolute Gasteiger partial charge is 0.478 e. The topological polar surface area (TPSA) is 79.3 Å². The number of hydrogen-bond donors (Lipinski definition) is 2. The molecule has 5 nitrogen and oxygen atoms in total. The van der Waals surface area contributed by atoms with Gasteiger partial charge in [0, 0.05) is 28.9 Å². The number of carboxylic acids is 1. The van der Waals surface area contributed by atoms with Crippen LogP contribution in [0.3, 0.4) is 0 Å². The van der Waals surface area contributed by atoms with Gasteiger partial charge in [-0.05, 0) is 24.1 Å². The monoisotopic (exact) mass is 352 g/mol. The molecule has 6 heteroatoms. The number of benzene rings is 1. The Kier molecular flexibility index (Phi) is 5.20. The summed E-state index contributed by atoms with van der Waals surface area (Å²) in [5, 5.41) is 14.8. The first-order chi connectivity index (χ1) is 12.1. The fourth-order valence-electron chi connectivity index (χ4n) is 2.41. The predicted octanol–water partition coefficient (Wildman–Crippen LogP) is 4.08. The Morgan fingerprint density at radius 3 is 2.56 bits per heavy atom. The van der Waals surface area contributed by atoms with E-state index in [1.54, 1.807) is 11.6 Å². The van der Waals surface area contributed by atoms with E-state index in [1.807, 2.05) is 42.5 Å². The van der Waals surface area contributed by atoms with Crippen LogP contribution >= 0.6 is 11.3 Å². The van der Waals surface area contributed by atoms with Crippen molar-refractivity contribution in [1.82, 2.24) is 4.98 Å². The predicted molar refractivity (Wildman–Crippen MR) is 97.9 cm³/mol. The van der Waals surface area contributed by atoms with Crippen molar-refractivity contribution in [3.63, 3.8) is 0 Å². The second kappa shape index (κ2) is 7.72. The molecule has 0 saturated heterocycles. The Bertz CT molecular complexity index is 873. The van der Waals surface area contributed by atoms with Gasteiger partial charge in [-0.25, -0.2) is 4.79 Å². The van der Waals surface area contributed by atoms with Crippen molar-refractivity contribution in [1.29, 1.82) is 0 Å². The van der Waals surface area contributed by atoms with Crippen LogP contribution in [0.5, 0.6) is 0 Å². The van der Waals surface area contributed by atoms with Gasteiger partial charge in [-0.15, -0.1) is 11.3 Å². The molecule has 3 aromatic rings. The molecular formula is C19H16N2O3S. The first-order valence-electron chi connectivity index (χ1n) is 7.73. The summed E-state index contributed by atoms with van der Waals surface area (Å²) < 4.78 is 0. The maximum atomic E-state index is 12.0. The van der Waals surface area contributed by atoms with E-state index < -0.39 is 5.97 Å². The van der Waals surface area contributed by atoms with E-state index in [2.05, 4.69) is 10.3 Å². The molecule has 126 valence electrons. The van der Waals surface area contributed by atoms with Crippen LogP contribution < -0.4 is 5.32 Å². The van der Waals surface area contributed by atoms with Crippen LogP contribution in [0.15, 0.2) is 59.4 Å². The van der Waals surface area contributed by atoms with Gasteiger partial charge in [0.05, 0.1) is 16.9 Å². The normalized spacial score (nSPS) is 10.4. The number of nitrogens with zero attached hydrogens (tertiary/aromatic N) is 1. The van der Waals surface area contributed by atoms with Crippen molar-refractivity contribution in [3.8, 4) is 11.3 Å². The van der Waals surface area contributed by atoms with Crippen LogP contribution in [-0.2, 0) is 11.2 Å². The molecule has 2 heterocycles. The van der Waals surface area contributed by atoms with Crippen LogP contribution in [0.1, 0.15) is 22.3 Å².